The van der Waals surface area contributed by atoms with E-state index in [1.165, 1.54) is 39.2 Å². The normalized spacial score (nSPS) is 11.1. The third kappa shape index (κ3) is 19.6. The fourth-order valence-corrected chi connectivity index (χ4v) is 13.4. The van der Waals surface area contributed by atoms with Gasteiger partial charge in [0.05, 0.1) is 0 Å². The summed E-state index contributed by atoms with van der Waals surface area (Å²) in [6.07, 6.45) is 0. The van der Waals surface area contributed by atoms with E-state index in [0.29, 0.717) is 0 Å². The molecule has 0 bridgehead atoms. The Bertz CT molecular complexity index is 938. The number of benzene rings is 2. The van der Waals surface area contributed by atoms with Crippen molar-refractivity contribution >= 4 is 195 Å². The lowest BCUT2D eigenvalue weighted by atomic mass is 10.3. The highest BCUT2D eigenvalue weighted by Gasteiger charge is 2.16. The molecule has 0 aromatic heterocycles. The first kappa shape index (κ1) is 46.1. The summed E-state index contributed by atoms with van der Waals surface area (Å²) in [5, 5.41) is 0. The molecule has 2 aromatic rings. The number of thiol groups is 8. The van der Waals surface area contributed by atoms with Crippen molar-refractivity contribution in [1.82, 2.24) is 0 Å². The molecule has 2 aromatic carbocycles. The van der Waals surface area contributed by atoms with E-state index in [9.17, 15) is 0 Å². The van der Waals surface area contributed by atoms with E-state index in [0.717, 1.165) is 92.0 Å². The minimum Gasteiger partial charge on any atom is -0.178 e. The molecule has 0 saturated heterocycles. The Balaban J connectivity index is 0.000000440. The molecule has 0 fully saturated rings. The van der Waals surface area contributed by atoms with Crippen molar-refractivity contribution in [3.05, 3.63) is 24.3 Å². The van der Waals surface area contributed by atoms with Gasteiger partial charge in [0.15, 0.2) is 0 Å². The molecule has 0 N–H and O–H groups in total. The highest BCUT2D eigenvalue weighted by atomic mass is 32.2. The summed E-state index contributed by atoms with van der Waals surface area (Å²) < 4.78 is 0. The van der Waals surface area contributed by atoms with E-state index in [-0.39, 0.29) is 0 Å². The Hall–Kier alpha value is 4.04. The van der Waals surface area contributed by atoms with Crippen molar-refractivity contribution in [3.8, 4) is 0 Å². The van der Waals surface area contributed by atoms with Crippen LogP contribution in [0.15, 0.2) is 63.4 Å². The molecule has 0 amide bonds. The lowest BCUT2D eigenvalue weighted by molar-refractivity contribution is 1.03. The van der Waals surface area contributed by atoms with Gasteiger partial charge in [-0.3, -0.25) is 0 Å². The zero-order valence-corrected chi connectivity index (χ0v) is 38.2. The summed E-state index contributed by atoms with van der Waals surface area (Å²) in [5.74, 6) is 15.5. The molecule has 252 valence electrons. The fourth-order valence-electron chi connectivity index (χ4n) is 3.25. The average molecular weight is 894 g/mol. The Kier molecular flexibility index (Phi) is 33.2. The molecule has 0 aliphatic rings. The largest absolute Gasteiger partial charge is 0.178 e. The third-order valence-corrected chi connectivity index (χ3v) is 18.2. The quantitative estimate of drug-likeness (QED) is 0.0383. The summed E-state index contributed by atoms with van der Waals surface area (Å²) in [6, 6.07) is 9.18. The van der Waals surface area contributed by atoms with Crippen LogP contribution in [-0.4, -0.2) is 92.0 Å². The topological polar surface area (TPSA) is 0 Å². The smallest absolute Gasteiger partial charge is 0.0356 e. The second-order valence-corrected chi connectivity index (χ2v) is 20.7. The van der Waals surface area contributed by atoms with Crippen molar-refractivity contribution in [2.45, 2.75) is 39.2 Å². The highest BCUT2D eigenvalue weighted by molar-refractivity contribution is 8.06. The molecule has 0 unspecified atom stereocenters. The van der Waals surface area contributed by atoms with Crippen molar-refractivity contribution in [1.29, 1.82) is 0 Å². The summed E-state index contributed by atoms with van der Waals surface area (Å²) in [6.45, 7) is 0. The van der Waals surface area contributed by atoms with E-state index >= 15 is 0 Å². The van der Waals surface area contributed by atoms with Crippen molar-refractivity contribution in [2.75, 3.05) is 92.0 Å². The molecule has 0 radical (unpaired) electrons. The fraction of sp³-hybridized carbons (Fsp3) is 0.571. The molecule has 0 aliphatic carbocycles. The number of hydrogen-bond acceptors (Lipinski definition) is 16. The van der Waals surface area contributed by atoms with Crippen LogP contribution >= 0.6 is 195 Å². The first-order valence-electron chi connectivity index (χ1n) is 13.8. The number of rotatable bonds is 24. The third-order valence-electron chi connectivity index (χ3n) is 4.80. The Morgan fingerprint density at radius 3 is 0.932 bits per heavy atom. The van der Waals surface area contributed by atoms with Crippen LogP contribution in [0.25, 0.3) is 0 Å². The van der Waals surface area contributed by atoms with Crippen LogP contribution in [0.1, 0.15) is 0 Å². The summed E-state index contributed by atoms with van der Waals surface area (Å²) in [7, 11) is 0. The number of thioether (sulfide) groups is 8. The van der Waals surface area contributed by atoms with Gasteiger partial charge < -0.3 is 0 Å². The lowest BCUT2D eigenvalue weighted by Crippen LogP contribution is -1.94. The second-order valence-electron chi connectivity index (χ2n) is 8.05. The van der Waals surface area contributed by atoms with Gasteiger partial charge in [0.1, 0.15) is 0 Å². The van der Waals surface area contributed by atoms with Gasteiger partial charge >= 0.3 is 0 Å². The highest BCUT2D eigenvalue weighted by Crippen LogP contribution is 2.44. The molecule has 0 saturated carbocycles. The van der Waals surface area contributed by atoms with Gasteiger partial charge in [0.25, 0.3) is 0 Å². The standard InChI is InChI=1S/2C14H22S8/c15-1-5-19-11-9-12(20-6-2-16)14(22-8-4-18)13(10-11)21-7-3-17;15-3-7-19-11-1-2-12(20-8-4-16)14(22-10-6-18)13(11)21-9-5-17/h9-10,15-18H,1-8H2;1-2,15-18H,3-10H2. The predicted octanol–water partition coefficient (Wildman–Crippen LogP) is 11.5. The average Bonchev–Trinajstić information content (AvgIpc) is 3.05. The number of hydrogen-bond donors (Lipinski definition) is 8. The predicted molar refractivity (Wildman–Crippen MR) is 249 cm³/mol. The van der Waals surface area contributed by atoms with Crippen molar-refractivity contribution in [3.63, 3.8) is 0 Å². The maximum absolute atomic E-state index is 4.37. The van der Waals surface area contributed by atoms with Gasteiger partial charge in [0, 0.05) is 85.2 Å². The summed E-state index contributed by atoms with van der Waals surface area (Å²) in [4.78, 5) is 11.1. The maximum atomic E-state index is 4.37. The Morgan fingerprint density at radius 2 is 0.591 bits per heavy atom. The van der Waals surface area contributed by atoms with Crippen molar-refractivity contribution < 1.29 is 0 Å². The van der Waals surface area contributed by atoms with Gasteiger partial charge in [-0.2, -0.15) is 101 Å². The van der Waals surface area contributed by atoms with Crippen LogP contribution in [0.3, 0.4) is 0 Å². The molecule has 44 heavy (non-hydrogen) atoms. The zero-order chi connectivity index (χ0) is 32.4. The Labute approximate surface area is 346 Å². The van der Waals surface area contributed by atoms with Gasteiger partial charge in [0.2, 0.25) is 0 Å². The monoisotopic (exact) mass is 892 g/mol. The van der Waals surface area contributed by atoms with E-state index in [2.05, 4.69) is 125 Å². The lowest BCUT2D eigenvalue weighted by Gasteiger charge is -2.17. The van der Waals surface area contributed by atoms with Gasteiger partial charge in [-0.05, 0) is 70.3 Å². The molecular weight excluding hydrogens is 849 g/mol. The first-order valence-corrected chi connectivity index (χ1v) is 26.7. The van der Waals surface area contributed by atoms with E-state index in [1.54, 1.807) is 0 Å². The maximum Gasteiger partial charge on any atom is 0.0356 e. The molecule has 0 atom stereocenters. The molecular formula is C28H44S16. The Morgan fingerprint density at radius 1 is 0.318 bits per heavy atom. The van der Waals surface area contributed by atoms with Crippen LogP contribution in [-0.2, 0) is 0 Å². The van der Waals surface area contributed by atoms with Crippen LogP contribution in [0.4, 0.5) is 0 Å². The van der Waals surface area contributed by atoms with E-state index in [4.69, 9.17) is 0 Å². The minimum atomic E-state index is 0.895. The van der Waals surface area contributed by atoms with Crippen LogP contribution in [0.2, 0.25) is 0 Å². The molecule has 0 spiro atoms. The minimum absolute atomic E-state index is 0.895. The molecule has 16 heteroatoms. The molecule has 0 nitrogen and oxygen atoms in total. The SMILES string of the molecule is SCCSc1cc(SCCS)c(SCCS)c(SCCS)c1.SCCSc1ccc(SCCS)c(SCCS)c1SCCS. The second kappa shape index (κ2) is 31.7. The van der Waals surface area contributed by atoms with E-state index < -0.39 is 0 Å². The van der Waals surface area contributed by atoms with Crippen LogP contribution < -0.4 is 0 Å². The molecule has 2 rings (SSSR count). The molecule has 0 aliphatic heterocycles. The van der Waals surface area contributed by atoms with Gasteiger partial charge in [-0.25, -0.2) is 0 Å². The zero-order valence-electron chi connectivity index (χ0n) is 24.5. The van der Waals surface area contributed by atoms with Gasteiger partial charge in [-0.15, -0.1) is 94.1 Å². The van der Waals surface area contributed by atoms with Crippen LogP contribution in [0.5, 0.6) is 0 Å². The summed E-state index contributed by atoms with van der Waals surface area (Å²) in [5.41, 5.74) is 0. The van der Waals surface area contributed by atoms with Gasteiger partial charge in [-0.1, -0.05) is 0 Å². The van der Waals surface area contributed by atoms with E-state index in [1.807, 2.05) is 94.1 Å². The molecule has 0 heterocycles. The van der Waals surface area contributed by atoms with Crippen LogP contribution in [0, 0.1) is 0 Å². The summed E-state index contributed by atoms with van der Waals surface area (Å²) >= 11 is 50.0. The first-order chi connectivity index (χ1) is 21.5. The van der Waals surface area contributed by atoms with Crippen molar-refractivity contribution in [2.24, 2.45) is 0 Å².